The summed E-state index contributed by atoms with van der Waals surface area (Å²) in [6, 6.07) is 7.52. The summed E-state index contributed by atoms with van der Waals surface area (Å²) in [7, 11) is 1.80. The SMILES string of the molecule is CCc1cc(CC(C(=O)O)c2ccc(F)cc2)n(C)n1. The van der Waals surface area contributed by atoms with E-state index < -0.39 is 11.9 Å². The van der Waals surface area contributed by atoms with Crippen molar-refractivity contribution >= 4 is 5.97 Å². The standard InChI is InChI=1S/C15H17FN2O2/c1-3-12-8-13(18(2)17-12)9-14(15(19)20)10-4-6-11(16)7-5-10/h4-8,14H,3,9H2,1-2H3,(H,19,20). The summed E-state index contributed by atoms with van der Waals surface area (Å²) in [6.07, 6.45) is 1.15. The first-order valence-electron chi connectivity index (χ1n) is 6.51. The average Bonchev–Trinajstić information content (AvgIpc) is 2.77. The Morgan fingerprint density at radius 1 is 1.40 bits per heavy atom. The summed E-state index contributed by atoms with van der Waals surface area (Å²) < 4.78 is 14.6. The van der Waals surface area contributed by atoms with Gasteiger partial charge in [0.15, 0.2) is 0 Å². The van der Waals surface area contributed by atoms with Gasteiger partial charge in [-0.05, 0) is 30.2 Å². The van der Waals surface area contributed by atoms with E-state index in [-0.39, 0.29) is 5.82 Å². The van der Waals surface area contributed by atoms with Crippen LogP contribution >= 0.6 is 0 Å². The number of carbonyl (C=O) groups is 1. The Morgan fingerprint density at radius 2 is 2.05 bits per heavy atom. The lowest BCUT2D eigenvalue weighted by Gasteiger charge is -2.12. The van der Waals surface area contributed by atoms with Crippen LogP contribution in [0.1, 0.15) is 29.8 Å². The molecule has 0 aliphatic heterocycles. The second-order valence-corrected chi connectivity index (χ2v) is 4.75. The van der Waals surface area contributed by atoms with Gasteiger partial charge in [-0.25, -0.2) is 4.39 Å². The molecule has 0 amide bonds. The van der Waals surface area contributed by atoms with Crippen molar-refractivity contribution in [2.24, 2.45) is 7.05 Å². The largest absolute Gasteiger partial charge is 0.481 e. The molecule has 0 radical (unpaired) electrons. The van der Waals surface area contributed by atoms with Crippen molar-refractivity contribution in [1.29, 1.82) is 0 Å². The number of rotatable bonds is 5. The molecular weight excluding hydrogens is 259 g/mol. The van der Waals surface area contributed by atoms with Crippen LogP contribution in [-0.2, 0) is 24.7 Å². The number of hydrogen-bond acceptors (Lipinski definition) is 2. The van der Waals surface area contributed by atoms with E-state index in [4.69, 9.17) is 0 Å². The number of aromatic nitrogens is 2. The van der Waals surface area contributed by atoms with Gasteiger partial charge < -0.3 is 5.11 Å². The van der Waals surface area contributed by atoms with E-state index in [9.17, 15) is 14.3 Å². The topological polar surface area (TPSA) is 55.1 Å². The highest BCUT2D eigenvalue weighted by Crippen LogP contribution is 2.22. The monoisotopic (exact) mass is 276 g/mol. The number of aliphatic carboxylic acids is 1. The maximum absolute atomic E-state index is 12.9. The zero-order valence-electron chi connectivity index (χ0n) is 11.5. The smallest absolute Gasteiger partial charge is 0.311 e. The van der Waals surface area contributed by atoms with Gasteiger partial charge in [-0.3, -0.25) is 9.48 Å². The molecule has 0 aliphatic rings. The van der Waals surface area contributed by atoms with E-state index in [0.717, 1.165) is 17.8 Å². The molecule has 0 bridgehead atoms. The summed E-state index contributed by atoms with van der Waals surface area (Å²) in [5.74, 6) is -1.99. The highest BCUT2D eigenvalue weighted by Gasteiger charge is 2.22. The van der Waals surface area contributed by atoms with E-state index >= 15 is 0 Å². The summed E-state index contributed by atoms with van der Waals surface area (Å²) in [6.45, 7) is 2.00. The fraction of sp³-hybridized carbons (Fsp3) is 0.333. The summed E-state index contributed by atoms with van der Waals surface area (Å²) in [4.78, 5) is 11.5. The van der Waals surface area contributed by atoms with Crippen molar-refractivity contribution in [1.82, 2.24) is 9.78 Å². The highest BCUT2D eigenvalue weighted by atomic mass is 19.1. The van der Waals surface area contributed by atoms with Gasteiger partial charge in [-0.1, -0.05) is 19.1 Å². The number of hydrogen-bond donors (Lipinski definition) is 1. The molecule has 1 aromatic heterocycles. The van der Waals surface area contributed by atoms with E-state index in [1.54, 1.807) is 11.7 Å². The first-order valence-corrected chi connectivity index (χ1v) is 6.51. The molecule has 0 saturated carbocycles. The van der Waals surface area contributed by atoms with Crippen LogP contribution in [0.25, 0.3) is 0 Å². The van der Waals surface area contributed by atoms with Crippen molar-refractivity contribution in [3.63, 3.8) is 0 Å². The lowest BCUT2D eigenvalue weighted by atomic mass is 9.94. The normalized spacial score (nSPS) is 12.3. The summed E-state index contributed by atoms with van der Waals surface area (Å²) in [5.41, 5.74) is 2.39. The quantitative estimate of drug-likeness (QED) is 0.913. The molecule has 0 fully saturated rings. The Balaban J connectivity index is 2.27. The van der Waals surface area contributed by atoms with Crippen LogP contribution in [0, 0.1) is 5.82 Å². The van der Waals surface area contributed by atoms with Crippen LogP contribution in [-0.4, -0.2) is 20.9 Å². The molecule has 0 aliphatic carbocycles. The maximum Gasteiger partial charge on any atom is 0.311 e. The second kappa shape index (κ2) is 5.86. The number of carboxylic acid groups (broad SMARTS) is 1. The summed E-state index contributed by atoms with van der Waals surface area (Å²) >= 11 is 0. The fourth-order valence-corrected chi connectivity index (χ4v) is 2.19. The van der Waals surface area contributed by atoms with Gasteiger partial charge in [-0.2, -0.15) is 5.10 Å². The first kappa shape index (κ1) is 14.2. The van der Waals surface area contributed by atoms with Crippen LogP contribution in [0.5, 0.6) is 0 Å². The highest BCUT2D eigenvalue weighted by molar-refractivity contribution is 5.76. The molecule has 20 heavy (non-hydrogen) atoms. The number of nitrogens with zero attached hydrogens (tertiary/aromatic N) is 2. The van der Waals surface area contributed by atoms with Gasteiger partial charge in [0, 0.05) is 19.2 Å². The van der Waals surface area contributed by atoms with Crippen LogP contribution in [0.2, 0.25) is 0 Å². The lowest BCUT2D eigenvalue weighted by Crippen LogP contribution is -2.16. The Hall–Kier alpha value is -2.17. The van der Waals surface area contributed by atoms with Crippen molar-refractivity contribution in [3.8, 4) is 0 Å². The number of carboxylic acids is 1. The lowest BCUT2D eigenvalue weighted by molar-refractivity contribution is -0.138. The molecule has 1 N–H and O–H groups in total. The van der Waals surface area contributed by atoms with E-state index in [0.29, 0.717) is 12.0 Å². The van der Waals surface area contributed by atoms with Crippen LogP contribution in [0.4, 0.5) is 4.39 Å². The average molecular weight is 276 g/mol. The number of benzene rings is 1. The minimum atomic E-state index is -0.921. The van der Waals surface area contributed by atoms with Crippen molar-refractivity contribution in [3.05, 3.63) is 53.1 Å². The zero-order valence-corrected chi connectivity index (χ0v) is 11.5. The van der Waals surface area contributed by atoms with Crippen LogP contribution in [0.3, 0.4) is 0 Å². The molecule has 1 unspecified atom stereocenters. The predicted octanol–water partition coefficient (Wildman–Crippen LogP) is 2.53. The van der Waals surface area contributed by atoms with Crippen molar-refractivity contribution < 1.29 is 14.3 Å². The molecule has 0 saturated heterocycles. The molecule has 1 atom stereocenters. The molecule has 1 aromatic carbocycles. The first-order chi connectivity index (χ1) is 9.51. The summed E-state index contributed by atoms with van der Waals surface area (Å²) in [5, 5.41) is 13.7. The Morgan fingerprint density at radius 3 is 2.55 bits per heavy atom. The fourth-order valence-electron chi connectivity index (χ4n) is 2.19. The van der Waals surface area contributed by atoms with Gasteiger partial charge in [0.1, 0.15) is 5.82 Å². The van der Waals surface area contributed by atoms with Crippen LogP contribution < -0.4 is 0 Å². The molecule has 5 heteroatoms. The molecule has 2 aromatic rings. The van der Waals surface area contributed by atoms with Crippen LogP contribution in [0.15, 0.2) is 30.3 Å². The maximum atomic E-state index is 12.9. The molecule has 2 rings (SSSR count). The van der Waals surface area contributed by atoms with E-state index in [1.807, 2.05) is 13.0 Å². The molecular formula is C15H17FN2O2. The third kappa shape index (κ3) is 3.04. The van der Waals surface area contributed by atoms with E-state index in [1.165, 1.54) is 24.3 Å². The molecule has 4 nitrogen and oxygen atoms in total. The van der Waals surface area contributed by atoms with Gasteiger partial charge in [0.05, 0.1) is 11.6 Å². The third-order valence-electron chi connectivity index (χ3n) is 3.37. The minimum absolute atomic E-state index is 0.338. The zero-order chi connectivity index (χ0) is 14.7. The number of halogens is 1. The van der Waals surface area contributed by atoms with Gasteiger partial charge >= 0.3 is 5.97 Å². The van der Waals surface area contributed by atoms with Gasteiger partial charge in [0.25, 0.3) is 0 Å². The third-order valence-corrected chi connectivity index (χ3v) is 3.37. The van der Waals surface area contributed by atoms with Crippen molar-refractivity contribution in [2.45, 2.75) is 25.7 Å². The second-order valence-electron chi connectivity index (χ2n) is 4.75. The van der Waals surface area contributed by atoms with Crippen molar-refractivity contribution in [2.75, 3.05) is 0 Å². The minimum Gasteiger partial charge on any atom is -0.481 e. The molecule has 1 heterocycles. The molecule has 106 valence electrons. The van der Waals surface area contributed by atoms with Gasteiger partial charge in [0.2, 0.25) is 0 Å². The predicted molar refractivity (Wildman–Crippen MR) is 73.1 cm³/mol. The Bertz CT molecular complexity index is 605. The Labute approximate surface area is 116 Å². The Kier molecular flexibility index (Phi) is 4.17. The molecule has 0 spiro atoms. The van der Waals surface area contributed by atoms with E-state index in [2.05, 4.69) is 5.10 Å². The number of aryl methyl sites for hydroxylation is 2. The van der Waals surface area contributed by atoms with Gasteiger partial charge in [-0.15, -0.1) is 0 Å².